The second-order valence-corrected chi connectivity index (χ2v) is 4.80. The first kappa shape index (κ1) is 12.8. The highest BCUT2D eigenvalue weighted by molar-refractivity contribution is 6.31. The van der Waals surface area contributed by atoms with Crippen LogP contribution in [0.2, 0.25) is 5.02 Å². The average Bonchev–Trinajstić information content (AvgIpc) is 2.67. The van der Waals surface area contributed by atoms with Gasteiger partial charge >= 0.3 is 0 Å². The van der Waals surface area contributed by atoms with Gasteiger partial charge in [-0.05, 0) is 18.2 Å². The van der Waals surface area contributed by atoms with Crippen molar-refractivity contribution >= 4 is 28.8 Å². The molecule has 1 aliphatic rings. The third-order valence-corrected chi connectivity index (χ3v) is 3.27. The Labute approximate surface area is 121 Å². The first-order chi connectivity index (χ1) is 9.78. The van der Waals surface area contributed by atoms with Crippen LogP contribution in [0.25, 0.3) is 0 Å². The molecule has 2 N–H and O–H groups in total. The molecule has 100 valence electrons. The van der Waals surface area contributed by atoms with Crippen LogP contribution in [0.4, 0.5) is 5.69 Å². The Kier molecular flexibility index (Phi) is 3.50. The summed E-state index contributed by atoms with van der Waals surface area (Å²) >= 11 is 6.08. The minimum absolute atomic E-state index is 0.285. The second kappa shape index (κ2) is 5.45. The minimum atomic E-state index is 0.285. The molecule has 0 atom stereocenters. The van der Waals surface area contributed by atoms with Crippen molar-refractivity contribution in [1.29, 1.82) is 0 Å². The predicted molar refractivity (Wildman–Crippen MR) is 80.4 cm³/mol. The van der Waals surface area contributed by atoms with E-state index >= 15 is 0 Å². The lowest BCUT2D eigenvalue weighted by Gasteiger charge is -2.08. The van der Waals surface area contributed by atoms with Crippen LogP contribution in [-0.2, 0) is 0 Å². The van der Waals surface area contributed by atoms with Gasteiger partial charge in [0.1, 0.15) is 5.84 Å². The van der Waals surface area contributed by atoms with Gasteiger partial charge in [0.2, 0.25) is 0 Å². The van der Waals surface area contributed by atoms with E-state index in [0.717, 1.165) is 22.5 Å². The molecule has 0 aromatic heterocycles. The molecule has 0 radical (unpaired) electrons. The zero-order valence-electron chi connectivity index (χ0n) is 10.5. The summed E-state index contributed by atoms with van der Waals surface area (Å²) < 4.78 is 0. The standard InChI is InChI=1S/C15H12ClN3O/c16-11-6-7-13-12(8-11)15(10-4-2-1-3-5-10)17-9-14(18-13)19-20/h1-8,20H,9H2,(H,18,19). The molecule has 1 heterocycles. The zero-order chi connectivity index (χ0) is 13.9. The Bertz CT molecular complexity index is 696. The molecule has 5 heteroatoms. The number of halogens is 1. The van der Waals surface area contributed by atoms with Crippen molar-refractivity contribution in [2.45, 2.75) is 0 Å². The van der Waals surface area contributed by atoms with Crippen molar-refractivity contribution in [2.24, 2.45) is 9.98 Å². The lowest BCUT2D eigenvalue weighted by atomic mass is 10.0. The fourth-order valence-corrected chi connectivity index (χ4v) is 2.29. The number of aliphatic imine (C=N–C) groups is 2. The summed E-state index contributed by atoms with van der Waals surface area (Å²) in [6, 6.07) is 15.3. The van der Waals surface area contributed by atoms with E-state index in [9.17, 15) is 0 Å². The Hall–Kier alpha value is -2.17. The molecule has 0 fully saturated rings. The van der Waals surface area contributed by atoms with E-state index in [2.05, 4.69) is 15.5 Å². The molecule has 3 rings (SSSR count). The van der Waals surface area contributed by atoms with Crippen LogP contribution >= 0.6 is 11.6 Å². The van der Waals surface area contributed by atoms with Crippen molar-refractivity contribution in [3.8, 4) is 0 Å². The van der Waals surface area contributed by atoms with Crippen molar-refractivity contribution in [3.63, 3.8) is 0 Å². The maximum atomic E-state index is 9.08. The van der Waals surface area contributed by atoms with E-state index in [4.69, 9.17) is 16.8 Å². The number of benzene rings is 2. The first-order valence-electron chi connectivity index (χ1n) is 6.15. The number of hydrogen-bond acceptors (Lipinski definition) is 4. The molecule has 2 aromatic rings. The van der Waals surface area contributed by atoms with E-state index in [1.54, 1.807) is 6.07 Å². The van der Waals surface area contributed by atoms with Crippen LogP contribution in [0, 0.1) is 0 Å². The van der Waals surface area contributed by atoms with E-state index in [1.807, 2.05) is 42.5 Å². The van der Waals surface area contributed by atoms with Gasteiger partial charge in [-0.1, -0.05) is 41.9 Å². The predicted octanol–water partition coefficient (Wildman–Crippen LogP) is 3.20. The van der Waals surface area contributed by atoms with Gasteiger partial charge < -0.3 is 0 Å². The largest absolute Gasteiger partial charge is 0.290 e. The Morgan fingerprint density at radius 2 is 1.90 bits per heavy atom. The highest BCUT2D eigenvalue weighted by atomic mass is 35.5. The summed E-state index contributed by atoms with van der Waals surface area (Å²) in [7, 11) is 0. The molecule has 0 unspecified atom stereocenters. The fraction of sp³-hybridized carbons (Fsp3) is 0.0667. The van der Waals surface area contributed by atoms with Crippen LogP contribution in [0.15, 0.2) is 58.5 Å². The van der Waals surface area contributed by atoms with E-state index in [0.29, 0.717) is 10.9 Å². The number of hydrogen-bond donors (Lipinski definition) is 2. The van der Waals surface area contributed by atoms with Crippen molar-refractivity contribution in [3.05, 3.63) is 64.7 Å². The summed E-state index contributed by atoms with van der Waals surface area (Å²) in [6.45, 7) is 0.285. The van der Waals surface area contributed by atoms with Gasteiger partial charge in [0.05, 0.1) is 17.9 Å². The molecule has 0 bridgehead atoms. The molecule has 1 aliphatic heterocycles. The van der Waals surface area contributed by atoms with Crippen molar-refractivity contribution in [1.82, 2.24) is 5.48 Å². The van der Waals surface area contributed by atoms with Gasteiger partial charge in [-0.15, -0.1) is 0 Å². The van der Waals surface area contributed by atoms with Gasteiger partial charge in [-0.3, -0.25) is 15.7 Å². The smallest absolute Gasteiger partial charge is 0.147 e. The molecular weight excluding hydrogens is 274 g/mol. The van der Waals surface area contributed by atoms with Gasteiger partial charge in [-0.25, -0.2) is 4.99 Å². The van der Waals surface area contributed by atoms with Gasteiger partial charge in [0.15, 0.2) is 0 Å². The van der Waals surface area contributed by atoms with Crippen LogP contribution in [0.1, 0.15) is 11.1 Å². The summed E-state index contributed by atoms with van der Waals surface area (Å²) in [6.07, 6.45) is 0. The van der Waals surface area contributed by atoms with Crippen LogP contribution in [0.3, 0.4) is 0 Å². The number of fused-ring (bicyclic) bond motifs is 1. The third kappa shape index (κ3) is 2.43. The van der Waals surface area contributed by atoms with E-state index < -0.39 is 0 Å². The number of nitrogens with one attached hydrogen (secondary N) is 1. The van der Waals surface area contributed by atoms with Crippen LogP contribution < -0.4 is 5.48 Å². The SMILES string of the molecule is ONC1=Nc2ccc(Cl)cc2C(c2ccccc2)=NC1. The number of rotatable bonds is 1. The fourth-order valence-electron chi connectivity index (χ4n) is 2.12. The molecule has 0 saturated carbocycles. The van der Waals surface area contributed by atoms with Gasteiger partial charge in [0, 0.05) is 16.1 Å². The summed E-state index contributed by atoms with van der Waals surface area (Å²) in [4.78, 5) is 8.89. The highest BCUT2D eigenvalue weighted by Gasteiger charge is 2.16. The zero-order valence-corrected chi connectivity index (χ0v) is 11.3. The third-order valence-electron chi connectivity index (χ3n) is 3.03. The summed E-state index contributed by atoms with van der Waals surface area (Å²) in [5.41, 5.74) is 5.47. The number of hydroxylamine groups is 1. The lowest BCUT2D eigenvalue weighted by molar-refractivity contribution is 0.233. The maximum absolute atomic E-state index is 9.08. The molecular formula is C15H12ClN3O. The van der Waals surface area contributed by atoms with E-state index in [1.165, 1.54) is 0 Å². The molecule has 0 amide bonds. The monoisotopic (exact) mass is 285 g/mol. The maximum Gasteiger partial charge on any atom is 0.147 e. The average molecular weight is 286 g/mol. The highest BCUT2D eigenvalue weighted by Crippen LogP contribution is 2.28. The second-order valence-electron chi connectivity index (χ2n) is 4.36. The molecule has 20 heavy (non-hydrogen) atoms. The van der Waals surface area contributed by atoms with Gasteiger partial charge in [-0.2, -0.15) is 0 Å². The van der Waals surface area contributed by atoms with Gasteiger partial charge in [0.25, 0.3) is 0 Å². The lowest BCUT2D eigenvalue weighted by Crippen LogP contribution is -2.21. The number of nitrogens with zero attached hydrogens (tertiary/aromatic N) is 2. The van der Waals surface area contributed by atoms with Crippen molar-refractivity contribution in [2.75, 3.05) is 6.54 Å². The summed E-state index contributed by atoms with van der Waals surface area (Å²) in [5.74, 6) is 0.402. The summed E-state index contributed by atoms with van der Waals surface area (Å²) in [5, 5.41) is 9.70. The van der Waals surface area contributed by atoms with Crippen LogP contribution in [-0.4, -0.2) is 23.3 Å². The quantitative estimate of drug-likeness (QED) is 0.791. The number of amidine groups is 1. The Morgan fingerprint density at radius 1 is 1.10 bits per heavy atom. The molecule has 2 aromatic carbocycles. The minimum Gasteiger partial charge on any atom is -0.290 e. The normalized spacial score (nSPS) is 13.9. The van der Waals surface area contributed by atoms with E-state index in [-0.39, 0.29) is 6.54 Å². The first-order valence-corrected chi connectivity index (χ1v) is 6.53. The topological polar surface area (TPSA) is 57.0 Å². The molecule has 0 aliphatic carbocycles. The Balaban J connectivity index is 2.19. The molecule has 4 nitrogen and oxygen atoms in total. The Morgan fingerprint density at radius 3 is 2.65 bits per heavy atom. The van der Waals surface area contributed by atoms with Crippen LogP contribution in [0.5, 0.6) is 0 Å². The molecule has 0 saturated heterocycles. The molecule has 0 spiro atoms. The van der Waals surface area contributed by atoms with Crippen molar-refractivity contribution < 1.29 is 5.21 Å².